The zero-order chi connectivity index (χ0) is 20.7. The summed E-state index contributed by atoms with van der Waals surface area (Å²) in [5.74, 6) is -0.212. The molecular weight excluding hydrogens is 383 g/mol. The molecule has 3 aromatic rings. The molecule has 0 atom stereocenters. The second-order valence-corrected chi connectivity index (χ2v) is 6.17. The van der Waals surface area contributed by atoms with Crippen LogP contribution in [0.15, 0.2) is 61.1 Å². The quantitative estimate of drug-likeness (QED) is 0.636. The molecule has 1 aromatic carbocycles. The number of amides is 1. The minimum Gasteiger partial charge on any atom is -0.349 e. The first-order valence-corrected chi connectivity index (χ1v) is 8.78. The van der Waals surface area contributed by atoms with Gasteiger partial charge in [-0.3, -0.25) is 9.78 Å². The number of hydrogen-bond donors (Lipinski definition) is 2. The summed E-state index contributed by atoms with van der Waals surface area (Å²) in [5.41, 5.74) is 1.67. The van der Waals surface area contributed by atoms with Crippen molar-refractivity contribution >= 4 is 5.91 Å². The van der Waals surface area contributed by atoms with E-state index in [4.69, 9.17) is 0 Å². The van der Waals surface area contributed by atoms with E-state index in [0.717, 1.165) is 17.8 Å². The van der Waals surface area contributed by atoms with Crippen LogP contribution < -0.4 is 10.6 Å². The topological polar surface area (TPSA) is 79.8 Å². The van der Waals surface area contributed by atoms with Crippen LogP contribution >= 0.6 is 0 Å². The fraction of sp³-hybridized carbons (Fsp3) is 0.200. The van der Waals surface area contributed by atoms with Crippen molar-refractivity contribution in [2.45, 2.75) is 19.3 Å². The van der Waals surface area contributed by atoms with E-state index < -0.39 is 11.7 Å². The Labute approximate surface area is 165 Å². The summed E-state index contributed by atoms with van der Waals surface area (Å²) in [4.78, 5) is 24.3. The number of rotatable bonds is 7. The highest BCUT2D eigenvalue weighted by Crippen LogP contribution is 2.30. The number of carbonyl (C=O) groups is 1. The van der Waals surface area contributed by atoms with Crippen LogP contribution in [0.25, 0.3) is 11.3 Å². The summed E-state index contributed by atoms with van der Waals surface area (Å²) in [7, 11) is 0. The van der Waals surface area contributed by atoms with E-state index in [9.17, 15) is 18.0 Å². The van der Waals surface area contributed by atoms with Crippen molar-refractivity contribution < 1.29 is 18.0 Å². The lowest BCUT2D eigenvalue weighted by atomic mass is 10.1. The highest BCUT2D eigenvalue weighted by Gasteiger charge is 2.30. The second-order valence-electron chi connectivity index (χ2n) is 6.17. The van der Waals surface area contributed by atoms with Crippen LogP contribution in [0.2, 0.25) is 0 Å². The first-order chi connectivity index (χ1) is 13.9. The predicted octanol–water partition coefficient (Wildman–Crippen LogP) is 2.96. The molecule has 0 aliphatic heterocycles. The van der Waals surface area contributed by atoms with Crippen molar-refractivity contribution in [3.05, 3.63) is 78.0 Å². The molecule has 0 unspecified atom stereocenters. The van der Waals surface area contributed by atoms with E-state index in [2.05, 4.69) is 25.6 Å². The van der Waals surface area contributed by atoms with Crippen molar-refractivity contribution in [1.29, 1.82) is 0 Å². The van der Waals surface area contributed by atoms with Gasteiger partial charge in [0.15, 0.2) is 0 Å². The van der Waals surface area contributed by atoms with E-state index in [1.807, 2.05) is 18.2 Å². The average molecular weight is 401 g/mol. The molecule has 150 valence electrons. The highest BCUT2D eigenvalue weighted by molar-refractivity contribution is 5.77. The van der Waals surface area contributed by atoms with Gasteiger partial charge in [0, 0.05) is 18.3 Å². The SMILES string of the molecule is O=C(CNCc1ccccn1)NCc1cc(-c2ccc(C(F)(F)F)cc2)ncn1. The van der Waals surface area contributed by atoms with Crippen molar-refractivity contribution in [1.82, 2.24) is 25.6 Å². The van der Waals surface area contributed by atoms with Crippen molar-refractivity contribution in [3.63, 3.8) is 0 Å². The smallest absolute Gasteiger partial charge is 0.349 e. The number of halogens is 3. The Bertz CT molecular complexity index is 946. The van der Waals surface area contributed by atoms with Gasteiger partial charge in [0.1, 0.15) is 6.33 Å². The first-order valence-electron chi connectivity index (χ1n) is 8.78. The van der Waals surface area contributed by atoms with Crippen molar-refractivity contribution in [3.8, 4) is 11.3 Å². The zero-order valence-corrected chi connectivity index (χ0v) is 15.3. The number of pyridine rings is 1. The van der Waals surface area contributed by atoms with Gasteiger partial charge in [-0.1, -0.05) is 18.2 Å². The maximum atomic E-state index is 12.7. The number of alkyl halides is 3. The van der Waals surface area contributed by atoms with E-state index >= 15 is 0 Å². The monoisotopic (exact) mass is 401 g/mol. The molecule has 0 bridgehead atoms. The van der Waals surface area contributed by atoms with Crippen LogP contribution in [0, 0.1) is 0 Å². The Hall–Kier alpha value is -3.33. The van der Waals surface area contributed by atoms with Gasteiger partial charge in [-0.25, -0.2) is 9.97 Å². The molecule has 0 saturated carbocycles. The molecule has 0 aliphatic rings. The van der Waals surface area contributed by atoms with E-state index in [1.165, 1.54) is 18.5 Å². The molecule has 0 spiro atoms. The van der Waals surface area contributed by atoms with Crippen LogP contribution in [0.1, 0.15) is 17.0 Å². The molecule has 0 fully saturated rings. The third kappa shape index (κ3) is 6.08. The van der Waals surface area contributed by atoms with Crippen molar-refractivity contribution in [2.24, 2.45) is 0 Å². The summed E-state index contributed by atoms with van der Waals surface area (Å²) in [6.45, 7) is 0.771. The van der Waals surface area contributed by atoms with Crippen molar-refractivity contribution in [2.75, 3.05) is 6.54 Å². The van der Waals surface area contributed by atoms with Gasteiger partial charge in [0.2, 0.25) is 5.91 Å². The molecule has 9 heteroatoms. The van der Waals surface area contributed by atoms with Gasteiger partial charge in [-0.15, -0.1) is 0 Å². The lowest BCUT2D eigenvalue weighted by Crippen LogP contribution is -2.33. The number of nitrogens with one attached hydrogen (secondary N) is 2. The lowest BCUT2D eigenvalue weighted by molar-refractivity contribution is -0.137. The number of hydrogen-bond acceptors (Lipinski definition) is 5. The number of nitrogens with zero attached hydrogens (tertiary/aromatic N) is 3. The second kappa shape index (κ2) is 9.24. The van der Waals surface area contributed by atoms with Gasteiger partial charge >= 0.3 is 6.18 Å². The molecular formula is C20H18F3N5O. The Kier molecular flexibility index (Phi) is 6.50. The van der Waals surface area contributed by atoms with Gasteiger partial charge in [-0.05, 0) is 30.3 Å². The van der Waals surface area contributed by atoms with Gasteiger partial charge in [-0.2, -0.15) is 13.2 Å². The summed E-state index contributed by atoms with van der Waals surface area (Å²) < 4.78 is 38.0. The molecule has 0 saturated heterocycles. The molecule has 3 rings (SSSR count). The van der Waals surface area contributed by atoms with Crippen LogP contribution in [0.4, 0.5) is 13.2 Å². The van der Waals surface area contributed by atoms with Crippen LogP contribution in [-0.4, -0.2) is 27.4 Å². The fourth-order valence-electron chi connectivity index (χ4n) is 2.54. The Morgan fingerprint density at radius 1 is 0.931 bits per heavy atom. The molecule has 2 N–H and O–H groups in total. The zero-order valence-electron chi connectivity index (χ0n) is 15.3. The summed E-state index contributed by atoms with van der Waals surface area (Å²) in [6.07, 6.45) is -1.39. The normalized spacial score (nSPS) is 11.3. The number of carbonyl (C=O) groups excluding carboxylic acids is 1. The molecule has 2 heterocycles. The lowest BCUT2D eigenvalue weighted by Gasteiger charge is -2.09. The van der Waals surface area contributed by atoms with Gasteiger partial charge in [0.05, 0.1) is 35.7 Å². The minimum atomic E-state index is -4.38. The van der Waals surface area contributed by atoms with E-state index in [1.54, 1.807) is 12.3 Å². The largest absolute Gasteiger partial charge is 0.416 e. The van der Waals surface area contributed by atoms with Crippen LogP contribution in [0.5, 0.6) is 0 Å². The maximum absolute atomic E-state index is 12.7. The Morgan fingerprint density at radius 3 is 2.41 bits per heavy atom. The summed E-state index contributed by atoms with van der Waals surface area (Å²) in [5, 5.41) is 5.73. The van der Waals surface area contributed by atoms with Crippen LogP contribution in [-0.2, 0) is 24.1 Å². The third-order valence-corrected chi connectivity index (χ3v) is 4.02. The summed E-state index contributed by atoms with van der Waals surface area (Å²) >= 11 is 0. The number of aromatic nitrogens is 3. The predicted molar refractivity (Wildman–Crippen MR) is 100 cm³/mol. The average Bonchev–Trinajstić information content (AvgIpc) is 2.73. The summed E-state index contributed by atoms with van der Waals surface area (Å²) in [6, 6.07) is 11.9. The Balaban J connectivity index is 1.52. The maximum Gasteiger partial charge on any atom is 0.416 e. The highest BCUT2D eigenvalue weighted by atomic mass is 19.4. The molecule has 0 aliphatic carbocycles. The first kappa shape index (κ1) is 20.4. The fourth-order valence-corrected chi connectivity index (χ4v) is 2.54. The molecule has 29 heavy (non-hydrogen) atoms. The molecule has 6 nitrogen and oxygen atoms in total. The van der Waals surface area contributed by atoms with Gasteiger partial charge < -0.3 is 10.6 Å². The Morgan fingerprint density at radius 2 is 1.72 bits per heavy atom. The molecule has 0 radical (unpaired) electrons. The third-order valence-electron chi connectivity index (χ3n) is 4.02. The number of benzene rings is 1. The van der Waals surface area contributed by atoms with Gasteiger partial charge in [0.25, 0.3) is 0 Å². The van der Waals surface area contributed by atoms with Crippen LogP contribution in [0.3, 0.4) is 0 Å². The standard InChI is InChI=1S/C20H18F3N5O/c21-20(22,23)15-6-4-14(5-7-15)18-9-17(27-13-28-18)11-26-19(29)12-24-10-16-3-1-2-8-25-16/h1-9,13,24H,10-12H2,(H,26,29). The van der Waals surface area contributed by atoms with E-state index in [-0.39, 0.29) is 19.0 Å². The molecule has 2 aromatic heterocycles. The van der Waals surface area contributed by atoms with E-state index in [0.29, 0.717) is 23.5 Å². The molecule has 1 amide bonds. The minimum absolute atomic E-state index is 0.118.